The summed E-state index contributed by atoms with van der Waals surface area (Å²) in [5, 5.41) is 7.06. The zero-order chi connectivity index (χ0) is 14.4. The highest BCUT2D eigenvalue weighted by molar-refractivity contribution is 5.78. The lowest BCUT2D eigenvalue weighted by molar-refractivity contribution is -0.124. The molecule has 1 amide bonds. The van der Waals surface area contributed by atoms with Crippen molar-refractivity contribution in [1.82, 2.24) is 24.6 Å². The summed E-state index contributed by atoms with van der Waals surface area (Å²) in [4.78, 5) is 16.2. The Morgan fingerprint density at radius 2 is 2.25 bits per heavy atom. The van der Waals surface area contributed by atoms with Gasteiger partial charge in [0.15, 0.2) is 0 Å². The van der Waals surface area contributed by atoms with Crippen molar-refractivity contribution in [3.05, 3.63) is 36.7 Å². The summed E-state index contributed by atoms with van der Waals surface area (Å²) in [6, 6.07) is 1.86. The molecule has 0 aliphatic carbocycles. The van der Waals surface area contributed by atoms with E-state index >= 15 is 0 Å². The van der Waals surface area contributed by atoms with Crippen LogP contribution in [0.2, 0.25) is 0 Å². The van der Waals surface area contributed by atoms with Crippen molar-refractivity contribution in [3.63, 3.8) is 0 Å². The Morgan fingerprint density at radius 3 is 2.95 bits per heavy atom. The van der Waals surface area contributed by atoms with Crippen LogP contribution in [0.25, 0.3) is 0 Å². The van der Waals surface area contributed by atoms with E-state index in [0.717, 1.165) is 18.8 Å². The second-order valence-corrected chi connectivity index (χ2v) is 4.81. The second kappa shape index (κ2) is 6.88. The molecule has 6 nitrogen and oxygen atoms in total. The molecule has 0 aromatic carbocycles. The van der Waals surface area contributed by atoms with Crippen LogP contribution < -0.4 is 5.32 Å². The molecule has 1 N–H and O–H groups in total. The quantitative estimate of drug-likeness (QED) is 0.823. The molecule has 0 bridgehead atoms. The van der Waals surface area contributed by atoms with Gasteiger partial charge in [-0.3, -0.25) is 9.48 Å². The highest BCUT2D eigenvalue weighted by Crippen LogP contribution is 2.00. The highest BCUT2D eigenvalue weighted by Gasteiger charge is 2.13. The van der Waals surface area contributed by atoms with Crippen LogP contribution in [-0.2, 0) is 24.3 Å². The van der Waals surface area contributed by atoms with Gasteiger partial charge in [-0.25, -0.2) is 4.98 Å². The van der Waals surface area contributed by atoms with Crippen LogP contribution in [0.5, 0.6) is 0 Å². The monoisotopic (exact) mass is 275 g/mol. The number of rotatable bonds is 7. The zero-order valence-electron chi connectivity index (χ0n) is 12.0. The van der Waals surface area contributed by atoms with Gasteiger partial charge in [0.1, 0.15) is 5.82 Å². The van der Waals surface area contributed by atoms with E-state index in [1.807, 2.05) is 25.4 Å². The van der Waals surface area contributed by atoms with E-state index in [4.69, 9.17) is 0 Å². The van der Waals surface area contributed by atoms with E-state index < -0.39 is 0 Å². The number of nitrogens with one attached hydrogen (secondary N) is 1. The third kappa shape index (κ3) is 3.69. The van der Waals surface area contributed by atoms with Crippen LogP contribution in [0, 0.1) is 5.92 Å². The van der Waals surface area contributed by atoms with Crippen LogP contribution in [0.15, 0.2) is 30.9 Å². The van der Waals surface area contributed by atoms with Crippen molar-refractivity contribution < 1.29 is 4.79 Å². The van der Waals surface area contributed by atoms with Crippen LogP contribution in [-0.4, -0.2) is 31.8 Å². The lowest BCUT2D eigenvalue weighted by atomic mass is 10.1. The number of carbonyl (C=O) groups is 1. The fourth-order valence-corrected chi connectivity index (χ4v) is 2.10. The summed E-state index contributed by atoms with van der Waals surface area (Å²) in [5.74, 6) is 1.01. The van der Waals surface area contributed by atoms with Gasteiger partial charge in [-0.05, 0) is 6.07 Å². The molecule has 1 unspecified atom stereocenters. The van der Waals surface area contributed by atoms with E-state index in [-0.39, 0.29) is 11.8 Å². The third-order valence-corrected chi connectivity index (χ3v) is 3.24. The number of nitrogens with zero attached hydrogens (tertiary/aromatic N) is 4. The molecule has 2 rings (SSSR count). The zero-order valence-corrected chi connectivity index (χ0v) is 12.0. The third-order valence-electron chi connectivity index (χ3n) is 3.24. The molecule has 20 heavy (non-hydrogen) atoms. The SMILES string of the molecule is CCc1nccn1CCNC(=O)C(C)Cn1cccn1. The van der Waals surface area contributed by atoms with E-state index in [0.29, 0.717) is 13.1 Å². The number of amides is 1. The minimum absolute atomic E-state index is 0.0543. The molecular weight excluding hydrogens is 254 g/mol. The molecule has 0 aliphatic heterocycles. The summed E-state index contributed by atoms with van der Waals surface area (Å²) in [5.41, 5.74) is 0. The number of imidazole rings is 1. The van der Waals surface area contributed by atoms with Gasteiger partial charge in [-0.1, -0.05) is 13.8 Å². The Kier molecular flexibility index (Phi) is 4.92. The number of hydrogen-bond acceptors (Lipinski definition) is 3. The maximum Gasteiger partial charge on any atom is 0.224 e. The van der Waals surface area contributed by atoms with Crippen LogP contribution in [0.3, 0.4) is 0 Å². The largest absolute Gasteiger partial charge is 0.354 e. The van der Waals surface area contributed by atoms with Gasteiger partial charge in [-0.15, -0.1) is 0 Å². The molecule has 0 aliphatic rings. The Morgan fingerprint density at radius 1 is 1.40 bits per heavy atom. The number of carbonyl (C=O) groups excluding carboxylic acids is 1. The van der Waals surface area contributed by atoms with Crippen molar-refractivity contribution >= 4 is 5.91 Å². The molecule has 2 aromatic rings. The van der Waals surface area contributed by atoms with Gasteiger partial charge in [0, 0.05) is 44.3 Å². The summed E-state index contributed by atoms with van der Waals surface area (Å²) in [6.45, 7) is 5.95. The first-order chi connectivity index (χ1) is 9.70. The van der Waals surface area contributed by atoms with Gasteiger partial charge >= 0.3 is 0 Å². The first-order valence-corrected chi connectivity index (χ1v) is 6.96. The minimum atomic E-state index is -0.0941. The first-order valence-electron chi connectivity index (χ1n) is 6.96. The fraction of sp³-hybridized carbons (Fsp3) is 0.500. The number of aromatic nitrogens is 4. The van der Waals surface area contributed by atoms with Crippen LogP contribution in [0.1, 0.15) is 19.7 Å². The van der Waals surface area contributed by atoms with Crippen LogP contribution in [0.4, 0.5) is 0 Å². The lowest BCUT2D eigenvalue weighted by Crippen LogP contribution is -2.34. The Labute approximate surface area is 118 Å². The second-order valence-electron chi connectivity index (χ2n) is 4.81. The summed E-state index contributed by atoms with van der Waals surface area (Å²) < 4.78 is 3.84. The van der Waals surface area contributed by atoms with Crippen molar-refractivity contribution in [1.29, 1.82) is 0 Å². The molecule has 108 valence electrons. The molecule has 0 spiro atoms. The van der Waals surface area contributed by atoms with Crippen molar-refractivity contribution in [3.8, 4) is 0 Å². The Bertz CT molecular complexity index is 532. The van der Waals surface area contributed by atoms with Crippen LogP contribution >= 0.6 is 0 Å². The molecule has 0 saturated carbocycles. The predicted molar refractivity (Wildman–Crippen MR) is 76.0 cm³/mol. The average Bonchev–Trinajstić information content (AvgIpc) is 3.09. The number of hydrogen-bond donors (Lipinski definition) is 1. The van der Waals surface area contributed by atoms with E-state index in [9.17, 15) is 4.79 Å². The summed E-state index contributed by atoms with van der Waals surface area (Å²) in [6.07, 6.45) is 8.22. The van der Waals surface area contributed by atoms with Gasteiger partial charge in [0.05, 0.1) is 12.5 Å². The molecule has 0 fully saturated rings. The Hall–Kier alpha value is -2.11. The fourth-order valence-electron chi connectivity index (χ4n) is 2.10. The molecule has 6 heteroatoms. The highest BCUT2D eigenvalue weighted by atomic mass is 16.1. The molecular formula is C14H21N5O. The summed E-state index contributed by atoms with van der Waals surface area (Å²) in [7, 11) is 0. The molecule has 0 radical (unpaired) electrons. The minimum Gasteiger partial charge on any atom is -0.354 e. The molecule has 2 heterocycles. The van der Waals surface area contributed by atoms with E-state index in [1.165, 1.54) is 0 Å². The van der Waals surface area contributed by atoms with Gasteiger partial charge < -0.3 is 9.88 Å². The smallest absolute Gasteiger partial charge is 0.224 e. The topological polar surface area (TPSA) is 64.7 Å². The van der Waals surface area contributed by atoms with E-state index in [1.54, 1.807) is 17.1 Å². The lowest BCUT2D eigenvalue weighted by Gasteiger charge is -2.13. The van der Waals surface area contributed by atoms with Crippen molar-refractivity contribution in [2.45, 2.75) is 33.4 Å². The maximum absolute atomic E-state index is 12.0. The van der Waals surface area contributed by atoms with Gasteiger partial charge in [0.25, 0.3) is 0 Å². The Balaban J connectivity index is 1.74. The standard InChI is InChI=1S/C14H21N5O/c1-3-13-15-6-9-18(13)10-7-16-14(20)12(2)11-19-8-4-5-17-19/h4-6,8-9,12H,3,7,10-11H2,1-2H3,(H,16,20). The van der Waals surface area contributed by atoms with E-state index in [2.05, 4.69) is 26.9 Å². The van der Waals surface area contributed by atoms with Crippen molar-refractivity contribution in [2.24, 2.45) is 5.92 Å². The maximum atomic E-state index is 12.0. The molecule has 2 aromatic heterocycles. The van der Waals surface area contributed by atoms with Gasteiger partial charge in [0.2, 0.25) is 5.91 Å². The molecule has 0 saturated heterocycles. The molecule has 1 atom stereocenters. The van der Waals surface area contributed by atoms with Gasteiger partial charge in [-0.2, -0.15) is 5.10 Å². The van der Waals surface area contributed by atoms with Crippen molar-refractivity contribution in [2.75, 3.05) is 6.54 Å². The number of aryl methyl sites for hydroxylation is 1. The first kappa shape index (κ1) is 14.3. The summed E-state index contributed by atoms with van der Waals surface area (Å²) >= 11 is 0. The normalized spacial score (nSPS) is 12.3. The predicted octanol–water partition coefficient (Wildman–Crippen LogP) is 1.09. The average molecular weight is 275 g/mol.